The quantitative estimate of drug-likeness (QED) is 0.0162. The number of unbranched alkanes of at least 4 members (excludes halogenated alkanes) is 2. The third kappa shape index (κ3) is 39.6. The van der Waals surface area contributed by atoms with E-state index in [4.69, 9.17) is 17.2 Å². The number of aliphatic hydroxyl groups excluding tert-OH is 3. The van der Waals surface area contributed by atoms with Gasteiger partial charge in [0.25, 0.3) is 0 Å². The zero-order valence-electron chi connectivity index (χ0n) is 84.5. The van der Waals surface area contributed by atoms with Crippen LogP contribution < -0.4 is 108 Å². The number of fused-ring (bicyclic) bond motifs is 2. The number of nitrogens with zero attached hydrogens (tertiary/aromatic N) is 1. The second kappa shape index (κ2) is 61.5. The maximum absolute atomic E-state index is 15.5. The summed E-state index contributed by atoms with van der Waals surface area (Å²) in [5.41, 5.74) is 19.2. The molecule has 1 aromatic heterocycles. The van der Waals surface area contributed by atoms with Gasteiger partial charge in [-0.25, -0.2) is 0 Å². The average molecular weight is 2100 g/mol. The number of carbonyl (C=O) groups excluding carboxylic acids is 19. The first-order valence-corrected chi connectivity index (χ1v) is 50.7. The summed E-state index contributed by atoms with van der Waals surface area (Å²) in [4.78, 5) is 294. The second-order valence-corrected chi connectivity index (χ2v) is 39.4. The summed E-state index contributed by atoms with van der Waals surface area (Å²) in [7, 11) is 0. The lowest BCUT2D eigenvalue weighted by atomic mass is 9.98. The molecule has 4 aromatic rings. The summed E-state index contributed by atoms with van der Waals surface area (Å²) >= 11 is 8.78. The molecule has 0 spiro atoms. The number of amides is 19. The molecular formula is C98H148N22O25S2. The highest BCUT2D eigenvalue weighted by atomic mass is 32.1. The van der Waals surface area contributed by atoms with Gasteiger partial charge in [-0.15, -0.1) is 0 Å². The van der Waals surface area contributed by atoms with Crippen LogP contribution in [-0.2, 0) is 115 Å². The molecule has 18 atom stereocenters. The minimum absolute atomic E-state index is 0.0541. The largest absolute Gasteiger partial charge is 0.508 e. The average Bonchev–Trinajstić information content (AvgIpc) is 1.68. The lowest BCUT2D eigenvalue weighted by Gasteiger charge is -2.32. The Morgan fingerprint density at radius 2 is 0.707 bits per heavy atom. The number of rotatable bonds is 32. The van der Waals surface area contributed by atoms with Crippen LogP contribution in [-0.4, -0.2) is 313 Å². The van der Waals surface area contributed by atoms with Crippen molar-refractivity contribution in [2.45, 2.75) is 287 Å². The molecule has 0 saturated carbocycles. The predicted molar refractivity (Wildman–Crippen MR) is 545 cm³/mol. The number of phenolic OH excluding ortho intramolecular Hbond substituents is 1. The Balaban J connectivity index is 1.44. The number of aromatic nitrogens is 1. The van der Waals surface area contributed by atoms with Crippen molar-refractivity contribution in [2.75, 3.05) is 51.0 Å². The number of aliphatic carboxylic acids is 1. The van der Waals surface area contributed by atoms with Crippen molar-refractivity contribution >= 4 is 154 Å². The van der Waals surface area contributed by atoms with Gasteiger partial charge in [-0.2, -0.15) is 25.3 Å². The molecule has 3 heterocycles. The third-order valence-electron chi connectivity index (χ3n) is 24.6. The summed E-state index contributed by atoms with van der Waals surface area (Å²) in [6.07, 6.45) is -1.39. The number of phenols is 1. The van der Waals surface area contributed by atoms with Gasteiger partial charge in [-0.05, 0) is 155 Å². The normalized spacial score (nSPS) is 25.4. The Hall–Kier alpha value is -13.1. The lowest BCUT2D eigenvalue weighted by Crippen LogP contribution is -2.62. The number of primary amides is 1. The van der Waals surface area contributed by atoms with Crippen molar-refractivity contribution in [3.05, 3.63) is 102 Å². The lowest BCUT2D eigenvalue weighted by molar-refractivity contribution is -0.144. The smallest absolute Gasteiger partial charge is 0.305 e. The molecule has 0 aliphatic carbocycles. The molecule has 0 bridgehead atoms. The summed E-state index contributed by atoms with van der Waals surface area (Å²) in [5.74, 6) is -25.7. The molecule has 0 unspecified atom stereocenters. The first-order chi connectivity index (χ1) is 69.7. The van der Waals surface area contributed by atoms with Gasteiger partial charge >= 0.3 is 5.97 Å². The maximum atomic E-state index is 15.5. The third-order valence-corrected chi connectivity index (χ3v) is 25.3. The van der Waals surface area contributed by atoms with Crippen molar-refractivity contribution in [3.8, 4) is 5.75 Å². The Kier molecular flexibility index (Phi) is 51.3. The number of aliphatic hydroxyl groups is 3. The van der Waals surface area contributed by atoms with E-state index in [1.165, 1.54) is 24.3 Å². The highest BCUT2D eigenvalue weighted by Crippen LogP contribution is 2.25. The number of benzene rings is 3. The number of nitrogens with two attached hydrogens (primary N) is 3. The number of carboxylic acids is 1. The van der Waals surface area contributed by atoms with Gasteiger partial charge in [0.1, 0.15) is 115 Å². The molecule has 2 aliphatic rings. The molecule has 6 rings (SSSR count). The molecule has 0 radical (unpaired) electrons. The number of nitrogens with one attached hydrogen (secondary N) is 18. The standard InChI is InChI=1S/C98H148N22O25S2/c1-50(2)37-64-84(131)114-72(46-122)91(138)105-63(32-33-77(101)125)82(129)113-71(45-121)90(137)104-62(26-17-19-35-100)83(130)118-80(54(9)10)97(144)112-70(39-52(5)6)98(145)120-36-20-27-76(120)95(142)110-69(43-78(126)127)89(136)116-74(48-146)93(140)108-66(40-55-21-12-11-13-22-55)86(133)109-68(42-57-44-102-60-24-15-14-23-59(57)60)88(135)103-61(25-16-18-34-99)81(128)107-67(41-56-28-30-58(124)31-29-56)87(134)117-75(49-147)94(141)119-79(53(7)8)96(143)111-65(38-51(3)4)85(132)115-73(47-123)92(139)106-64/h11-15,21-24,28-31,44,50-54,61-76,79-80,102,121-124,146-147H,16-20,25-27,32-43,45-49,99-100H2,1-10H3,(H2,101,125)(H,103,135)(H,104,137)(H,105,138)(H,106,139)(H,107,128)(H,108,140)(H,109,133)(H,110,142)(H,111,143)(H,112,144)(H,113,129)(H,114,131)(H,115,132)(H,116,136)(H,117,134)(H,118,130)(H,119,141)(H,126,127)/t61-,62-,63-,64-,65-,66-,67-,68-,69-,70-,71-,72-,73-,74-,75-,76-,79-,80-/m0/s1. The van der Waals surface area contributed by atoms with Crippen LogP contribution in [0.3, 0.4) is 0 Å². The molecule has 49 heteroatoms. The minimum Gasteiger partial charge on any atom is -0.508 e. The van der Waals surface area contributed by atoms with E-state index in [0.29, 0.717) is 34.0 Å². The van der Waals surface area contributed by atoms with Crippen LogP contribution in [0.4, 0.5) is 0 Å². The van der Waals surface area contributed by atoms with E-state index in [1.54, 1.807) is 130 Å². The fourth-order valence-corrected chi connectivity index (χ4v) is 17.1. The van der Waals surface area contributed by atoms with Crippen LogP contribution in [0, 0.1) is 29.6 Å². The Bertz CT molecular complexity index is 5150. The van der Waals surface area contributed by atoms with Crippen LogP contribution in [0.5, 0.6) is 5.75 Å². The van der Waals surface area contributed by atoms with Crippen LogP contribution in [0.25, 0.3) is 10.9 Å². The monoisotopic (exact) mass is 2100 g/mol. The fourth-order valence-electron chi connectivity index (χ4n) is 16.5. The number of hydrogen-bond donors (Lipinski definition) is 28. The summed E-state index contributed by atoms with van der Waals surface area (Å²) in [6.45, 7) is 12.9. The fraction of sp³-hybridized carbons (Fsp3) is 0.592. The highest BCUT2D eigenvalue weighted by Gasteiger charge is 2.45. The van der Waals surface area contributed by atoms with Crippen molar-refractivity contribution in [2.24, 2.45) is 46.8 Å². The number of thiol groups is 2. The number of H-pyrrole nitrogens is 1. The van der Waals surface area contributed by atoms with Crippen LogP contribution >= 0.6 is 25.3 Å². The summed E-state index contributed by atoms with van der Waals surface area (Å²) in [5, 5.41) is 96.4. The molecule has 812 valence electrons. The van der Waals surface area contributed by atoms with Gasteiger partial charge in [0.2, 0.25) is 112 Å². The van der Waals surface area contributed by atoms with Crippen molar-refractivity contribution in [3.63, 3.8) is 0 Å². The number of para-hydroxylation sites is 1. The maximum Gasteiger partial charge on any atom is 0.305 e. The Morgan fingerprint density at radius 3 is 1.13 bits per heavy atom. The Morgan fingerprint density at radius 1 is 0.374 bits per heavy atom. The SMILES string of the molecule is CC(C)C[C@@H]1NC(=O)[C@H](CO)NC(=O)[C@H](CC(C)C)NC(=O)[C@H](C(C)C)NC(=O)[C@H](CS)NC(=O)[C@H](Cc2ccc(O)cc2)NC(=O)[C@H](CCCCN)NC(=O)[C@H](Cc2c[nH]c3ccccc23)NC(=O)[C@H](Cc2ccccc2)NC(=O)[C@H](CS)NC(=O)[C@H](CC(=O)O)NC(=O)[C@@H]2CCCN2C(=O)[C@H](CC(C)C)NC(=O)[C@H](C(C)C)NC(=O)[C@H](CCCCN)NC(=O)[C@H](CO)NC(=O)[C@H](CCC(N)=O)NC(=O)[C@H](CO)NC1=O. The van der Waals surface area contributed by atoms with E-state index in [1.807, 2.05) is 0 Å². The summed E-state index contributed by atoms with van der Waals surface area (Å²) < 4.78 is 0. The van der Waals surface area contributed by atoms with E-state index < -0.39 is 301 Å². The Labute approximate surface area is 864 Å². The first-order valence-electron chi connectivity index (χ1n) is 49.5. The number of aromatic hydroxyl groups is 1. The molecule has 47 nitrogen and oxygen atoms in total. The number of hydrogen-bond acceptors (Lipinski definition) is 28. The molecule has 29 N–H and O–H groups in total. The van der Waals surface area contributed by atoms with Crippen LogP contribution in [0.1, 0.15) is 176 Å². The van der Waals surface area contributed by atoms with E-state index >= 15 is 24.0 Å². The predicted octanol–water partition coefficient (Wildman–Crippen LogP) is -4.57. The molecule has 19 amide bonds. The zero-order chi connectivity index (χ0) is 109. The molecule has 147 heavy (non-hydrogen) atoms. The van der Waals surface area contributed by atoms with Crippen molar-refractivity contribution < 1.29 is 121 Å². The van der Waals surface area contributed by atoms with Gasteiger partial charge in [-0.1, -0.05) is 130 Å². The van der Waals surface area contributed by atoms with Gasteiger partial charge < -0.3 is 143 Å². The molecule has 2 aliphatic heterocycles. The van der Waals surface area contributed by atoms with Crippen LogP contribution in [0.2, 0.25) is 0 Å². The van der Waals surface area contributed by atoms with Gasteiger partial charge in [0.15, 0.2) is 0 Å². The molecular weight excluding hydrogens is 1950 g/mol. The molecule has 2 fully saturated rings. The second-order valence-electron chi connectivity index (χ2n) is 38.7. The first kappa shape index (κ1) is 123. The van der Waals surface area contributed by atoms with Gasteiger partial charge in [0.05, 0.1) is 26.2 Å². The van der Waals surface area contributed by atoms with Crippen LogP contribution in [0.15, 0.2) is 85.1 Å². The van der Waals surface area contributed by atoms with Crippen molar-refractivity contribution in [1.82, 2.24) is 100 Å². The van der Waals surface area contributed by atoms with E-state index in [0.717, 1.165) is 4.90 Å². The van der Waals surface area contributed by atoms with E-state index in [2.05, 4.69) is 121 Å². The minimum atomic E-state index is -1.98. The van der Waals surface area contributed by atoms with E-state index in [9.17, 15) is 97.5 Å². The highest BCUT2D eigenvalue weighted by molar-refractivity contribution is 7.80. The zero-order valence-corrected chi connectivity index (χ0v) is 86.3. The number of carbonyl (C=O) groups is 20. The molecule has 3 aromatic carbocycles. The van der Waals surface area contributed by atoms with Gasteiger partial charge in [-0.3, -0.25) is 95.9 Å². The summed E-state index contributed by atoms with van der Waals surface area (Å²) in [6, 6.07) is -9.32. The topological polar surface area (TPSA) is 744 Å². The van der Waals surface area contributed by atoms with Crippen molar-refractivity contribution in [1.29, 1.82) is 0 Å². The molecule has 2 saturated heterocycles. The number of aromatic amines is 1. The van der Waals surface area contributed by atoms with Gasteiger partial charge in [0, 0.05) is 60.8 Å². The van der Waals surface area contributed by atoms with E-state index in [-0.39, 0.29) is 115 Å². The number of carboxylic acid groups (broad SMARTS) is 1.